The van der Waals surface area contributed by atoms with Crippen LogP contribution < -0.4 is 4.24 Å². The fourth-order valence-corrected chi connectivity index (χ4v) is 3.49. The van der Waals surface area contributed by atoms with Crippen molar-refractivity contribution in [3.05, 3.63) is 53.1 Å². The second-order valence-corrected chi connectivity index (χ2v) is 5.68. The summed E-state index contributed by atoms with van der Waals surface area (Å²) in [6.07, 6.45) is 1.08. The Balaban J connectivity index is 2.14. The third-order valence-corrected chi connectivity index (χ3v) is 4.48. The molecule has 1 heterocycles. The number of hydrogen-bond donors (Lipinski definition) is 0. The average molecular weight is 239 g/mol. The van der Waals surface area contributed by atoms with E-state index in [1.54, 1.807) is 0 Å². The third kappa shape index (κ3) is 1.43. The van der Waals surface area contributed by atoms with E-state index in [-0.39, 0.29) is 0 Å². The Labute approximate surface area is 122 Å². The van der Waals surface area contributed by atoms with Crippen LogP contribution in [0.3, 0.4) is 0 Å². The van der Waals surface area contributed by atoms with Crippen molar-refractivity contribution >= 4 is 32.9 Å². The molecule has 2 aromatic carbocycles. The summed E-state index contributed by atoms with van der Waals surface area (Å²) in [6, 6.07) is 13.4. The number of rotatable bonds is 0. The van der Waals surface area contributed by atoms with Crippen LogP contribution in [0.2, 0.25) is 0 Å². The minimum atomic E-state index is 1.08. The number of aryl methyl sites for hydroxylation is 2. The molecule has 1 aromatic heterocycles. The Morgan fingerprint density at radius 3 is 2.79 bits per heavy atom. The molecule has 0 bridgehead atoms. The second kappa shape index (κ2) is 3.79. The van der Waals surface area contributed by atoms with Crippen molar-refractivity contribution in [1.82, 2.24) is 4.57 Å². The van der Waals surface area contributed by atoms with E-state index in [9.17, 15) is 0 Å². The van der Waals surface area contributed by atoms with Gasteiger partial charge in [-0.3, -0.25) is 0 Å². The maximum atomic E-state index is 2.36. The molecule has 19 heavy (non-hydrogen) atoms. The van der Waals surface area contributed by atoms with E-state index >= 15 is 0 Å². The van der Waals surface area contributed by atoms with Gasteiger partial charge in [0, 0.05) is 0 Å². The third-order valence-electron chi connectivity index (χ3n) is 4.48. The zero-order chi connectivity index (χ0) is 13.1. The molecule has 0 aliphatic heterocycles. The van der Waals surface area contributed by atoms with Gasteiger partial charge in [-0.05, 0) is 0 Å². The molecule has 1 aliphatic rings. The molecule has 1 nitrogen and oxygen atoms in total. The van der Waals surface area contributed by atoms with Gasteiger partial charge >= 0.3 is 122 Å². The summed E-state index contributed by atoms with van der Waals surface area (Å²) in [5.41, 5.74) is 8.54. The first-order valence-electron chi connectivity index (χ1n) is 6.83. The monoisotopic (exact) mass is 239 g/mol. The predicted octanol–water partition coefficient (Wildman–Crippen LogP) is 2.85. The minimum absolute atomic E-state index is 1.08. The summed E-state index contributed by atoms with van der Waals surface area (Å²) >= 11 is 2.22. The Hall–Kier alpha value is -1.42. The predicted molar refractivity (Wildman–Crippen MR) is 81.3 cm³/mol. The number of aromatic nitrogens is 1. The summed E-state index contributed by atoms with van der Waals surface area (Å²) in [6.45, 7) is 2.17. The summed E-state index contributed by atoms with van der Waals surface area (Å²) in [5, 5.41) is 1.42. The van der Waals surface area contributed by atoms with Crippen LogP contribution in [0.4, 0.5) is 0 Å². The molecular formula is C17H14LiN. The molecule has 0 fully saturated rings. The van der Waals surface area contributed by atoms with E-state index < -0.39 is 0 Å². The fourth-order valence-electron chi connectivity index (χ4n) is 3.49. The maximum absolute atomic E-state index is 2.36. The normalized spacial score (nSPS) is 12.8. The Kier molecular flexibility index (Phi) is 2.28. The Morgan fingerprint density at radius 2 is 1.95 bits per heavy atom. The van der Waals surface area contributed by atoms with Crippen LogP contribution in [0, 0.1) is 6.92 Å². The van der Waals surface area contributed by atoms with Crippen LogP contribution in [-0.4, -0.2) is 22.3 Å². The molecule has 0 spiro atoms. The van der Waals surface area contributed by atoms with Crippen LogP contribution in [0.1, 0.15) is 16.7 Å². The standard InChI is InChI=1S/C17H14N.Li/c1-11-7-8-16-14(9-11)15-10-12-5-3-4-6-13(12)17(15)18(16)2;/h3-4,6-9H,10H2,1-2H3;. The van der Waals surface area contributed by atoms with Crippen molar-refractivity contribution in [3.63, 3.8) is 0 Å². The van der Waals surface area contributed by atoms with Gasteiger partial charge in [0.25, 0.3) is 0 Å². The Morgan fingerprint density at radius 1 is 1.11 bits per heavy atom. The van der Waals surface area contributed by atoms with Crippen molar-refractivity contribution in [2.75, 3.05) is 0 Å². The fraction of sp³-hybridized carbons (Fsp3) is 0.176. The van der Waals surface area contributed by atoms with Crippen LogP contribution in [0.25, 0.3) is 22.2 Å². The number of hydrogen-bond acceptors (Lipinski definition) is 0. The molecular weight excluding hydrogens is 225 g/mol. The van der Waals surface area contributed by atoms with E-state index in [1.165, 1.54) is 43.1 Å². The first-order valence-corrected chi connectivity index (χ1v) is 6.83. The van der Waals surface area contributed by atoms with Crippen molar-refractivity contribution in [2.24, 2.45) is 7.05 Å². The van der Waals surface area contributed by atoms with Gasteiger partial charge in [-0.1, -0.05) is 0 Å². The summed E-state index contributed by atoms with van der Waals surface area (Å²) in [7, 11) is 2.19. The Bertz CT molecular complexity index is 827. The second-order valence-electron chi connectivity index (χ2n) is 5.68. The quantitative estimate of drug-likeness (QED) is 0.416. The van der Waals surface area contributed by atoms with Crippen molar-refractivity contribution < 1.29 is 0 Å². The van der Waals surface area contributed by atoms with Crippen molar-refractivity contribution in [1.29, 1.82) is 0 Å². The van der Waals surface area contributed by atoms with Gasteiger partial charge in [-0.25, -0.2) is 0 Å². The molecule has 88 valence electrons. The zero-order valence-electron chi connectivity index (χ0n) is 11.6. The molecule has 3 aromatic rings. The first-order chi connectivity index (χ1) is 9.16. The van der Waals surface area contributed by atoms with Gasteiger partial charge < -0.3 is 0 Å². The zero-order valence-corrected chi connectivity index (χ0v) is 11.6. The van der Waals surface area contributed by atoms with Crippen LogP contribution in [-0.2, 0) is 13.5 Å². The van der Waals surface area contributed by atoms with Gasteiger partial charge in [0.15, 0.2) is 0 Å². The van der Waals surface area contributed by atoms with Crippen LogP contribution >= 0.6 is 0 Å². The van der Waals surface area contributed by atoms with E-state index in [0.717, 1.165) is 6.42 Å². The summed E-state index contributed by atoms with van der Waals surface area (Å²) in [4.78, 5) is 0. The number of benzene rings is 2. The van der Waals surface area contributed by atoms with Crippen molar-refractivity contribution in [3.8, 4) is 11.3 Å². The number of fused-ring (bicyclic) bond motifs is 5. The molecule has 0 atom stereocenters. The molecule has 0 saturated carbocycles. The van der Waals surface area contributed by atoms with Gasteiger partial charge in [0.1, 0.15) is 0 Å². The van der Waals surface area contributed by atoms with E-state index in [1.807, 2.05) is 0 Å². The van der Waals surface area contributed by atoms with Gasteiger partial charge in [-0.2, -0.15) is 0 Å². The van der Waals surface area contributed by atoms with Gasteiger partial charge in [0.2, 0.25) is 0 Å². The van der Waals surface area contributed by atoms with E-state index in [4.69, 9.17) is 0 Å². The molecule has 4 rings (SSSR count). The van der Waals surface area contributed by atoms with Gasteiger partial charge in [0.05, 0.1) is 0 Å². The summed E-state index contributed by atoms with van der Waals surface area (Å²) in [5.74, 6) is 0. The molecule has 0 unspecified atom stereocenters. The first kappa shape index (κ1) is 11.4. The topological polar surface area (TPSA) is 4.93 Å². The molecule has 0 N–H and O–H groups in total. The summed E-state index contributed by atoms with van der Waals surface area (Å²) < 4.78 is 3.77. The number of nitrogens with zero attached hydrogens (tertiary/aromatic N) is 1. The molecule has 2 heteroatoms. The van der Waals surface area contributed by atoms with E-state index in [2.05, 4.69) is 72.7 Å². The molecule has 0 radical (unpaired) electrons. The van der Waals surface area contributed by atoms with Crippen LogP contribution in [0.5, 0.6) is 0 Å². The molecule has 1 aliphatic carbocycles. The van der Waals surface area contributed by atoms with Crippen LogP contribution in [0.15, 0.2) is 36.4 Å². The molecule has 0 amide bonds. The molecule has 0 saturated heterocycles. The average Bonchev–Trinajstić information content (AvgIpc) is 2.89. The SMILES string of the molecule is [Li][c]1cccc2c1Cc1c-2n(C)c2ccc(C)cc12. The van der Waals surface area contributed by atoms with E-state index in [0.29, 0.717) is 0 Å². The van der Waals surface area contributed by atoms with Crippen molar-refractivity contribution in [2.45, 2.75) is 13.3 Å². The van der Waals surface area contributed by atoms with Gasteiger partial charge in [-0.15, -0.1) is 0 Å².